The smallest absolute Gasteiger partial charge is 0.320 e. The van der Waals surface area contributed by atoms with Crippen molar-refractivity contribution in [2.24, 2.45) is 0 Å². The fourth-order valence-corrected chi connectivity index (χ4v) is 1.07. The topological polar surface area (TPSA) is 52.6 Å². The van der Waals surface area contributed by atoms with Gasteiger partial charge in [0.2, 0.25) is 0 Å². The van der Waals surface area contributed by atoms with Gasteiger partial charge in [0, 0.05) is 13.1 Å². The van der Waals surface area contributed by atoms with Gasteiger partial charge in [-0.3, -0.25) is 4.79 Å². The van der Waals surface area contributed by atoms with Crippen LogP contribution < -0.4 is 5.32 Å². The van der Waals surface area contributed by atoms with Crippen LogP contribution in [-0.2, 0) is 4.79 Å². The molecule has 0 aliphatic rings. The van der Waals surface area contributed by atoms with Gasteiger partial charge in [-0.1, -0.05) is 13.8 Å². The second-order valence-corrected chi connectivity index (χ2v) is 3.04. The third-order valence-corrected chi connectivity index (χ3v) is 2.14. The zero-order chi connectivity index (χ0) is 10.3. The molecule has 0 heterocycles. The summed E-state index contributed by atoms with van der Waals surface area (Å²) in [5, 5.41) is 11.5. The fourth-order valence-electron chi connectivity index (χ4n) is 1.07. The Balaban J connectivity index is 3.48. The first-order valence-electron chi connectivity index (χ1n) is 4.80. The van der Waals surface area contributed by atoms with Crippen LogP contribution in [0.25, 0.3) is 0 Å². The standard InChI is InChI=1S/C9H20N2O2/c1-4-11(5-2)7-6-10-8(3)9(12)13/h8,10H,4-7H2,1-3H3,(H,12,13). The Morgan fingerprint density at radius 3 is 2.38 bits per heavy atom. The number of carbonyl (C=O) groups is 1. The summed E-state index contributed by atoms with van der Waals surface area (Å²) in [6, 6.07) is -0.449. The van der Waals surface area contributed by atoms with E-state index in [4.69, 9.17) is 5.11 Å². The van der Waals surface area contributed by atoms with Crippen molar-refractivity contribution in [2.45, 2.75) is 26.8 Å². The molecule has 2 N–H and O–H groups in total. The summed E-state index contributed by atoms with van der Waals surface area (Å²) in [7, 11) is 0. The molecule has 0 aromatic rings. The maximum atomic E-state index is 10.4. The third-order valence-electron chi connectivity index (χ3n) is 2.14. The average Bonchev–Trinajstić information content (AvgIpc) is 2.12. The highest BCUT2D eigenvalue weighted by molar-refractivity contribution is 5.72. The molecule has 0 aliphatic carbocycles. The van der Waals surface area contributed by atoms with E-state index in [1.54, 1.807) is 6.92 Å². The quantitative estimate of drug-likeness (QED) is 0.607. The van der Waals surface area contributed by atoms with Crippen molar-refractivity contribution in [3.63, 3.8) is 0 Å². The molecule has 1 atom stereocenters. The Morgan fingerprint density at radius 1 is 1.46 bits per heavy atom. The second-order valence-electron chi connectivity index (χ2n) is 3.04. The maximum Gasteiger partial charge on any atom is 0.320 e. The first-order valence-corrected chi connectivity index (χ1v) is 4.80. The Bertz CT molecular complexity index is 147. The highest BCUT2D eigenvalue weighted by Gasteiger charge is 2.09. The van der Waals surface area contributed by atoms with E-state index in [-0.39, 0.29) is 0 Å². The summed E-state index contributed by atoms with van der Waals surface area (Å²) >= 11 is 0. The summed E-state index contributed by atoms with van der Waals surface area (Å²) in [4.78, 5) is 12.7. The number of carboxylic acid groups (broad SMARTS) is 1. The first kappa shape index (κ1) is 12.4. The van der Waals surface area contributed by atoms with Crippen LogP contribution in [-0.4, -0.2) is 48.2 Å². The van der Waals surface area contributed by atoms with Crippen molar-refractivity contribution in [3.8, 4) is 0 Å². The van der Waals surface area contributed by atoms with Gasteiger partial charge in [-0.15, -0.1) is 0 Å². The molecule has 0 saturated heterocycles. The van der Waals surface area contributed by atoms with Gasteiger partial charge in [-0.2, -0.15) is 0 Å². The van der Waals surface area contributed by atoms with Crippen molar-refractivity contribution >= 4 is 5.97 Å². The lowest BCUT2D eigenvalue weighted by Crippen LogP contribution is -2.39. The predicted molar refractivity (Wildman–Crippen MR) is 52.9 cm³/mol. The molecule has 0 fully saturated rings. The van der Waals surface area contributed by atoms with Gasteiger partial charge >= 0.3 is 5.97 Å². The monoisotopic (exact) mass is 188 g/mol. The average molecular weight is 188 g/mol. The zero-order valence-electron chi connectivity index (χ0n) is 8.71. The van der Waals surface area contributed by atoms with Crippen molar-refractivity contribution in [3.05, 3.63) is 0 Å². The fraction of sp³-hybridized carbons (Fsp3) is 0.889. The van der Waals surface area contributed by atoms with Crippen LogP contribution >= 0.6 is 0 Å². The molecule has 1 unspecified atom stereocenters. The minimum absolute atomic E-state index is 0.449. The molecule has 13 heavy (non-hydrogen) atoms. The molecule has 78 valence electrons. The first-order chi connectivity index (χ1) is 6.11. The molecule has 0 radical (unpaired) electrons. The minimum Gasteiger partial charge on any atom is -0.480 e. The van der Waals surface area contributed by atoms with E-state index in [0.29, 0.717) is 0 Å². The van der Waals surface area contributed by atoms with E-state index in [9.17, 15) is 4.79 Å². The van der Waals surface area contributed by atoms with Gasteiger partial charge in [-0.05, 0) is 20.0 Å². The van der Waals surface area contributed by atoms with E-state index >= 15 is 0 Å². The van der Waals surface area contributed by atoms with Crippen molar-refractivity contribution in [1.29, 1.82) is 0 Å². The number of nitrogens with zero attached hydrogens (tertiary/aromatic N) is 1. The van der Waals surface area contributed by atoms with Gasteiger partial charge in [-0.25, -0.2) is 0 Å². The van der Waals surface area contributed by atoms with Gasteiger partial charge in [0.25, 0.3) is 0 Å². The summed E-state index contributed by atoms with van der Waals surface area (Å²) in [5.74, 6) is -0.792. The van der Waals surface area contributed by atoms with Crippen molar-refractivity contribution in [1.82, 2.24) is 10.2 Å². The molecule has 0 aromatic carbocycles. The van der Waals surface area contributed by atoms with Crippen LogP contribution in [0, 0.1) is 0 Å². The van der Waals surface area contributed by atoms with Crippen LogP contribution in [0.4, 0.5) is 0 Å². The molecule has 0 saturated carbocycles. The normalized spacial score (nSPS) is 13.2. The number of hydrogen-bond donors (Lipinski definition) is 2. The van der Waals surface area contributed by atoms with Gasteiger partial charge in [0.15, 0.2) is 0 Å². The van der Waals surface area contributed by atoms with E-state index < -0.39 is 12.0 Å². The molecule has 0 aliphatic heterocycles. The number of aliphatic carboxylic acids is 1. The van der Waals surface area contributed by atoms with Crippen LogP contribution in [0.1, 0.15) is 20.8 Å². The van der Waals surface area contributed by atoms with E-state index in [1.165, 1.54) is 0 Å². The molecule has 0 amide bonds. The Hall–Kier alpha value is -0.610. The largest absolute Gasteiger partial charge is 0.480 e. The highest BCUT2D eigenvalue weighted by Crippen LogP contribution is 1.86. The van der Waals surface area contributed by atoms with Gasteiger partial charge < -0.3 is 15.3 Å². The lowest BCUT2D eigenvalue weighted by atomic mass is 10.3. The highest BCUT2D eigenvalue weighted by atomic mass is 16.4. The van der Waals surface area contributed by atoms with Crippen molar-refractivity contribution < 1.29 is 9.90 Å². The SMILES string of the molecule is CCN(CC)CCNC(C)C(=O)O. The molecular formula is C9H20N2O2. The van der Waals surface area contributed by atoms with Crippen LogP contribution in [0.15, 0.2) is 0 Å². The third kappa shape index (κ3) is 5.60. The van der Waals surface area contributed by atoms with Gasteiger partial charge in [0.1, 0.15) is 6.04 Å². The number of nitrogens with one attached hydrogen (secondary N) is 1. The van der Waals surface area contributed by atoms with Crippen molar-refractivity contribution in [2.75, 3.05) is 26.2 Å². The second kappa shape index (κ2) is 6.86. The van der Waals surface area contributed by atoms with Crippen LogP contribution in [0.5, 0.6) is 0 Å². The summed E-state index contributed by atoms with van der Waals surface area (Å²) in [6.45, 7) is 9.53. The molecule has 4 heteroatoms. The molecule has 4 nitrogen and oxygen atoms in total. The van der Waals surface area contributed by atoms with E-state index in [1.807, 2.05) is 0 Å². The maximum absolute atomic E-state index is 10.4. The molecule has 0 bridgehead atoms. The molecule has 0 spiro atoms. The number of carboxylic acids is 1. The zero-order valence-corrected chi connectivity index (χ0v) is 8.71. The Morgan fingerprint density at radius 2 is 2.00 bits per heavy atom. The minimum atomic E-state index is -0.792. The Kier molecular flexibility index (Phi) is 6.54. The number of rotatable bonds is 7. The van der Waals surface area contributed by atoms with Crippen LogP contribution in [0.2, 0.25) is 0 Å². The predicted octanol–water partition coefficient (Wildman–Crippen LogP) is 0.391. The Labute approximate surface area is 79.9 Å². The number of likely N-dealkylation sites (N-methyl/N-ethyl adjacent to an activating group) is 1. The molecular weight excluding hydrogens is 168 g/mol. The lowest BCUT2D eigenvalue weighted by molar-refractivity contribution is -0.139. The molecule has 0 aromatic heterocycles. The molecule has 0 rings (SSSR count). The lowest BCUT2D eigenvalue weighted by Gasteiger charge is -2.18. The number of hydrogen-bond acceptors (Lipinski definition) is 3. The summed E-state index contributed by atoms with van der Waals surface area (Å²) in [5.41, 5.74) is 0. The van der Waals surface area contributed by atoms with Crippen LogP contribution in [0.3, 0.4) is 0 Å². The van der Waals surface area contributed by atoms with Gasteiger partial charge in [0.05, 0.1) is 0 Å². The van der Waals surface area contributed by atoms with E-state index in [0.717, 1.165) is 26.2 Å². The van der Waals surface area contributed by atoms with E-state index in [2.05, 4.69) is 24.1 Å². The summed E-state index contributed by atoms with van der Waals surface area (Å²) in [6.07, 6.45) is 0. The summed E-state index contributed by atoms with van der Waals surface area (Å²) < 4.78 is 0.